The molecule has 204 valence electrons. The Kier molecular flexibility index (Phi) is 9.40. The number of nitrogens with zero attached hydrogens (tertiary/aromatic N) is 2. The maximum Gasteiger partial charge on any atom is 0.261 e. The smallest absolute Gasteiger partial charge is 0.261 e. The Morgan fingerprint density at radius 2 is 1.53 bits per heavy atom. The summed E-state index contributed by atoms with van der Waals surface area (Å²) < 4.78 is 27.9. The minimum absolute atomic E-state index is 0.0138. The zero-order chi connectivity index (χ0) is 28.0. The number of nitrogens with one attached hydrogen (secondary N) is 1. The van der Waals surface area contributed by atoms with Crippen molar-refractivity contribution in [3.63, 3.8) is 0 Å². The van der Waals surface area contributed by atoms with Crippen LogP contribution in [-0.4, -0.2) is 72.7 Å². The summed E-state index contributed by atoms with van der Waals surface area (Å²) in [4.78, 5) is 52.7. The zero-order valence-corrected chi connectivity index (χ0v) is 22.6. The molecule has 0 spiro atoms. The van der Waals surface area contributed by atoms with Gasteiger partial charge in [0.1, 0.15) is 6.04 Å². The van der Waals surface area contributed by atoms with Gasteiger partial charge in [-0.3, -0.25) is 24.1 Å². The van der Waals surface area contributed by atoms with Crippen LogP contribution in [0.3, 0.4) is 0 Å². The average molecular weight is 543 g/mol. The zero-order valence-electron chi connectivity index (χ0n) is 21.8. The molecular formula is C27H34N4O6S. The molecule has 0 bridgehead atoms. The molecule has 0 aromatic heterocycles. The van der Waals surface area contributed by atoms with Gasteiger partial charge in [0.25, 0.3) is 17.7 Å². The average Bonchev–Trinajstić information content (AvgIpc) is 3.12. The fourth-order valence-electron chi connectivity index (χ4n) is 4.49. The first-order valence-corrected chi connectivity index (χ1v) is 14.1. The van der Waals surface area contributed by atoms with Gasteiger partial charge >= 0.3 is 0 Å². The van der Waals surface area contributed by atoms with Crippen molar-refractivity contribution >= 4 is 33.7 Å². The van der Waals surface area contributed by atoms with Crippen LogP contribution in [0.15, 0.2) is 54.6 Å². The van der Waals surface area contributed by atoms with Crippen LogP contribution in [0.1, 0.15) is 53.0 Å². The van der Waals surface area contributed by atoms with Crippen molar-refractivity contribution in [3.05, 3.63) is 71.3 Å². The maximum absolute atomic E-state index is 13.7. The van der Waals surface area contributed by atoms with Crippen molar-refractivity contribution in [2.45, 2.75) is 45.2 Å². The van der Waals surface area contributed by atoms with Crippen LogP contribution in [0, 0.1) is 5.92 Å². The van der Waals surface area contributed by atoms with E-state index in [-0.39, 0.29) is 42.9 Å². The quantitative estimate of drug-likeness (QED) is 0.387. The number of carbonyl (C=O) groups excluding carboxylic acids is 4. The molecule has 0 unspecified atom stereocenters. The summed E-state index contributed by atoms with van der Waals surface area (Å²) in [7, 11) is -3.01. The third-order valence-corrected chi connectivity index (χ3v) is 8.16. The Morgan fingerprint density at radius 3 is 2.05 bits per heavy atom. The summed E-state index contributed by atoms with van der Waals surface area (Å²) in [5.41, 5.74) is 7.31. The Labute approximate surface area is 223 Å². The number of hydrogen-bond acceptors (Lipinski definition) is 7. The van der Waals surface area contributed by atoms with Crippen molar-refractivity contribution in [3.8, 4) is 0 Å². The van der Waals surface area contributed by atoms with E-state index in [2.05, 4.69) is 5.32 Å². The SMILES string of the molecule is CNC(=O)[C@H](Cc1ccccc1)N(C(=O)[C@@H](N)CC(C)C)S(=O)(=O)CCCN1C(=O)c2ccccc2C1=O. The summed E-state index contributed by atoms with van der Waals surface area (Å²) >= 11 is 0. The third-order valence-electron chi connectivity index (χ3n) is 6.33. The highest BCUT2D eigenvalue weighted by Crippen LogP contribution is 2.23. The first-order valence-electron chi connectivity index (χ1n) is 12.5. The van der Waals surface area contributed by atoms with Gasteiger partial charge in [0.2, 0.25) is 15.9 Å². The molecule has 1 aliphatic heterocycles. The van der Waals surface area contributed by atoms with Crippen LogP contribution >= 0.6 is 0 Å². The predicted molar refractivity (Wildman–Crippen MR) is 142 cm³/mol. The number of sulfonamides is 1. The van der Waals surface area contributed by atoms with Crippen LogP contribution in [0.4, 0.5) is 0 Å². The van der Waals surface area contributed by atoms with Crippen LogP contribution < -0.4 is 11.1 Å². The first kappa shape index (κ1) is 29.0. The Balaban J connectivity index is 1.86. The number of hydrogen-bond donors (Lipinski definition) is 2. The Morgan fingerprint density at radius 1 is 0.974 bits per heavy atom. The van der Waals surface area contributed by atoms with Crippen LogP contribution in [0.2, 0.25) is 0 Å². The van der Waals surface area contributed by atoms with E-state index >= 15 is 0 Å². The van der Waals surface area contributed by atoms with Gasteiger partial charge in [-0.15, -0.1) is 0 Å². The summed E-state index contributed by atoms with van der Waals surface area (Å²) in [6, 6.07) is 12.6. The number of fused-ring (bicyclic) bond motifs is 1. The van der Waals surface area contributed by atoms with Gasteiger partial charge in [-0.25, -0.2) is 12.7 Å². The predicted octanol–water partition coefficient (Wildman–Crippen LogP) is 1.56. The summed E-state index contributed by atoms with van der Waals surface area (Å²) in [6.07, 6.45) is 0.0623. The molecule has 1 aliphatic rings. The lowest BCUT2D eigenvalue weighted by molar-refractivity contribution is -0.136. The van der Waals surface area contributed by atoms with Gasteiger partial charge < -0.3 is 11.1 Å². The number of nitrogens with two attached hydrogens (primary N) is 1. The van der Waals surface area contributed by atoms with E-state index in [9.17, 15) is 27.6 Å². The van der Waals surface area contributed by atoms with E-state index in [1.54, 1.807) is 54.6 Å². The molecule has 1 heterocycles. The van der Waals surface area contributed by atoms with Gasteiger partial charge in [0.05, 0.1) is 22.9 Å². The number of amides is 4. The highest BCUT2D eigenvalue weighted by atomic mass is 32.2. The van der Waals surface area contributed by atoms with Crippen LogP contribution in [0.25, 0.3) is 0 Å². The van der Waals surface area contributed by atoms with Gasteiger partial charge in [0.15, 0.2) is 0 Å². The fourth-order valence-corrected chi connectivity index (χ4v) is 6.15. The van der Waals surface area contributed by atoms with Crippen LogP contribution in [-0.2, 0) is 26.0 Å². The number of carbonyl (C=O) groups is 4. The number of likely N-dealkylation sites (N-methyl/N-ethyl adjacent to an activating group) is 1. The molecule has 2 atom stereocenters. The maximum atomic E-state index is 13.7. The molecular weight excluding hydrogens is 508 g/mol. The number of imide groups is 1. The molecule has 3 rings (SSSR count). The minimum Gasteiger partial charge on any atom is -0.357 e. The normalized spacial score (nSPS) is 14.8. The highest BCUT2D eigenvalue weighted by molar-refractivity contribution is 7.89. The minimum atomic E-state index is -4.38. The molecule has 0 saturated carbocycles. The second kappa shape index (κ2) is 12.3. The van der Waals surface area contributed by atoms with E-state index in [1.807, 2.05) is 13.8 Å². The molecule has 2 aromatic carbocycles. The van der Waals surface area contributed by atoms with Crippen molar-refractivity contribution in [1.82, 2.24) is 14.5 Å². The summed E-state index contributed by atoms with van der Waals surface area (Å²) in [6.45, 7) is 3.55. The van der Waals surface area contributed by atoms with Gasteiger partial charge in [-0.05, 0) is 36.5 Å². The van der Waals surface area contributed by atoms with Gasteiger partial charge in [-0.2, -0.15) is 0 Å². The van der Waals surface area contributed by atoms with Crippen molar-refractivity contribution in [1.29, 1.82) is 0 Å². The first-order chi connectivity index (χ1) is 18.0. The van der Waals surface area contributed by atoms with Gasteiger partial charge in [-0.1, -0.05) is 56.3 Å². The van der Waals surface area contributed by atoms with E-state index in [1.165, 1.54) is 7.05 Å². The Bertz CT molecular complexity index is 1260. The summed E-state index contributed by atoms with van der Waals surface area (Å²) in [5.74, 6) is -3.07. The molecule has 0 fully saturated rings. The van der Waals surface area contributed by atoms with Gasteiger partial charge in [0, 0.05) is 20.0 Å². The molecule has 2 aromatic rings. The molecule has 0 aliphatic carbocycles. The molecule has 4 amide bonds. The molecule has 0 radical (unpaired) electrons. The monoisotopic (exact) mass is 542 g/mol. The second-order valence-electron chi connectivity index (χ2n) is 9.67. The summed E-state index contributed by atoms with van der Waals surface area (Å²) in [5, 5.41) is 2.46. The van der Waals surface area contributed by atoms with Crippen LogP contribution in [0.5, 0.6) is 0 Å². The molecule has 11 heteroatoms. The lowest BCUT2D eigenvalue weighted by Gasteiger charge is -2.32. The fraction of sp³-hybridized carbons (Fsp3) is 0.407. The van der Waals surface area contributed by atoms with Crippen molar-refractivity contribution in [2.24, 2.45) is 11.7 Å². The van der Waals surface area contributed by atoms with E-state index < -0.39 is 51.5 Å². The number of benzene rings is 2. The molecule has 10 nitrogen and oxygen atoms in total. The van der Waals surface area contributed by atoms with Crippen molar-refractivity contribution in [2.75, 3.05) is 19.3 Å². The Hall–Kier alpha value is -3.57. The lowest BCUT2D eigenvalue weighted by atomic mass is 10.0. The van der Waals surface area contributed by atoms with E-state index in [4.69, 9.17) is 5.73 Å². The number of rotatable bonds is 12. The highest BCUT2D eigenvalue weighted by Gasteiger charge is 2.41. The molecule has 0 saturated heterocycles. The van der Waals surface area contributed by atoms with E-state index in [0.717, 1.165) is 4.90 Å². The standard InChI is InChI=1S/C27H34N4O6S/c1-18(2)16-22(28)27(35)31(23(24(32)29-3)17-19-10-5-4-6-11-19)38(36,37)15-9-14-30-25(33)20-12-7-8-13-21(20)26(30)34/h4-8,10-13,18,22-23H,9,14-17,28H2,1-3H3,(H,29,32)/t22-,23-/m0/s1. The third kappa shape index (κ3) is 6.46. The van der Waals surface area contributed by atoms with Crippen molar-refractivity contribution < 1.29 is 27.6 Å². The molecule has 38 heavy (non-hydrogen) atoms. The largest absolute Gasteiger partial charge is 0.357 e. The second-order valence-corrected chi connectivity index (χ2v) is 11.6. The molecule has 3 N–H and O–H groups in total. The van der Waals surface area contributed by atoms with E-state index in [0.29, 0.717) is 9.87 Å². The lowest BCUT2D eigenvalue weighted by Crippen LogP contribution is -2.57. The topological polar surface area (TPSA) is 147 Å².